The average molecular weight is 180 g/mol. The quantitative estimate of drug-likeness (QED) is 0.666. The maximum atomic E-state index is 8.70. The fourth-order valence-electron chi connectivity index (χ4n) is 2.30. The molecule has 1 rings (SSSR count). The largest absolute Gasteiger partial charge is 0.303 e. The Morgan fingerprint density at radius 1 is 1.54 bits per heavy atom. The van der Waals surface area contributed by atoms with Crippen LogP contribution in [0.5, 0.6) is 0 Å². The Hall–Kier alpha value is -0.550. The SMILES string of the molecule is CC(C)CC1C(CC#N)CCN1C. The monoisotopic (exact) mass is 180 g/mol. The molecule has 1 aliphatic heterocycles. The second kappa shape index (κ2) is 4.62. The third-order valence-corrected chi connectivity index (χ3v) is 3.03. The van der Waals surface area contributed by atoms with Crippen LogP contribution in [0.2, 0.25) is 0 Å². The number of rotatable bonds is 3. The van der Waals surface area contributed by atoms with Gasteiger partial charge in [0.15, 0.2) is 0 Å². The molecular weight excluding hydrogens is 160 g/mol. The van der Waals surface area contributed by atoms with Crippen LogP contribution in [0.1, 0.15) is 33.1 Å². The molecule has 1 heterocycles. The fraction of sp³-hybridized carbons (Fsp3) is 0.909. The first-order chi connectivity index (χ1) is 6.15. The number of nitrogens with zero attached hydrogens (tertiary/aromatic N) is 2. The highest BCUT2D eigenvalue weighted by Gasteiger charge is 2.31. The van der Waals surface area contributed by atoms with Crippen LogP contribution < -0.4 is 0 Å². The maximum Gasteiger partial charge on any atom is 0.0625 e. The molecule has 0 aromatic heterocycles. The van der Waals surface area contributed by atoms with Gasteiger partial charge in [-0.3, -0.25) is 0 Å². The molecule has 74 valence electrons. The first-order valence-corrected chi connectivity index (χ1v) is 5.22. The van der Waals surface area contributed by atoms with E-state index in [1.54, 1.807) is 0 Å². The topological polar surface area (TPSA) is 27.0 Å². The first kappa shape index (κ1) is 10.5. The Kier molecular flexibility index (Phi) is 3.74. The van der Waals surface area contributed by atoms with E-state index in [2.05, 4.69) is 31.9 Å². The summed E-state index contributed by atoms with van der Waals surface area (Å²) in [7, 11) is 2.18. The van der Waals surface area contributed by atoms with Crippen LogP contribution in [-0.2, 0) is 0 Å². The van der Waals surface area contributed by atoms with Crippen molar-refractivity contribution in [3.8, 4) is 6.07 Å². The van der Waals surface area contributed by atoms with Crippen molar-refractivity contribution in [2.75, 3.05) is 13.6 Å². The van der Waals surface area contributed by atoms with Crippen molar-refractivity contribution in [3.05, 3.63) is 0 Å². The van der Waals surface area contributed by atoms with Crippen LogP contribution in [0, 0.1) is 23.2 Å². The minimum atomic E-state index is 0.623. The summed E-state index contributed by atoms with van der Waals surface area (Å²) in [5.74, 6) is 1.36. The minimum absolute atomic E-state index is 0.623. The lowest BCUT2D eigenvalue weighted by Crippen LogP contribution is -2.30. The summed E-state index contributed by atoms with van der Waals surface area (Å²) in [6, 6.07) is 2.96. The van der Waals surface area contributed by atoms with E-state index in [0.717, 1.165) is 12.3 Å². The number of hydrogen-bond acceptors (Lipinski definition) is 2. The second-order valence-corrected chi connectivity index (χ2v) is 4.59. The van der Waals surface area contributed by atoms with E-state index in [1.165, 1.54) is 19.4 Å². The zero-order chi connectivity index (χ0) is 9.84. The van der Waals surface area contributed by atoms with E-state index in [0.29, 0.717) is 12.0 Å². The van der Waals surface area contributed by atoms with Gasteiger partial charge in [-0.2, -0.15) is 5.26 Å². The highest BCUT2D eigenvalue weighted by Crippen LogP contribution is 2.29. The summed E-state index contributed by atoms with van der Waals surface area (Å²) in [6.45, 7) is 5.69. The Labute approximate surface area is 81.5 Å². The van der Waals surface area contributed by atoms with Gasteiger partial charge in [0.25, 0.3) is 0 Å². The molecule has 2 atom stereocenters. The molecular formula is C11H20N2. The molecule has 2 unspecified atom stereocenters. The van der Waals surface area contributed by atoms with Gasteiger partial charge in [0.1, 0.15) is 0 Å². The first-order valence-electron chi connectivity index (χ1n) is 5.22. The fourth-order valence-corrected chi connectivity index (χ4v) is 2.30. The molecule has 0 radical (unpaired) electrons. The predicted molar refractivity (Wildman–Crippen MR) is 54.2 cm³/mol. The molecule has 0 aromatic carbocycles. The van der Waals surface area contributed by atoms with E-state index < -0.39 is 0 Å². The minimum Gasteiger partial charge on any atom is -0.303 e. The molecule has 13 heavy (non-hydrogen) atoms. The van der Waals surface area contributed by atoms with Crippen LogP contribution >= 0.6 is 0 Å². The van der Waals surface area contributed by atoms with Crippen molar-refractivity contribution in [2.24, 2.45) is 11.8 Å². The third-order valence-electron chi connectivity index (χ3n) is 3.03. The summed E-state index contributed by atoms with van der Waals surface area (Å²) in [6.07, 6.45) is 3.19. The van der Waals surface area contributed by atoms with Gasteiger partial charge in [-0.25, -0.2) is 0 Å². The molecule has 1 saturated heterocycles. The third kappa shape index (κ3) is 2.70. The molecule has 0 aliphatic carbocycles. The van der Waals surface area contributed by atoms with Gasteiger partial charge in [0, 0.05) is 12.5 Å². The van der Waals surface area contributed by atoms with E-state index in [9.17, 15) is 0 Å². The Bertz CT molecular complexity index is 193. The van der Waals surface area contributed by atoms with Crippen LogP contribution in [0.25, 0.3) is 0 Å². The van der Waals surface area contributed by atoms with Crippen LogP contribution in [0.3, 0.4) is 0 Å². The molecule has 0 amide bonds. The van der Waals surface area contributed by atoms with Crippen LogP contribution in [0.4, 0.5) is 0 Å². The molecule has 2 heteroatoms. The van der Waals surface area contributed by atoms with Crippen molar-refractivity contribution in [1.82, 2.24) is 4.90 Å². The highest BCUT2D eigenvalue weighted by atomic mass is 15.2. The number of nitriles is 1. The zero-order valence-electron chi connectivity index (χ0n) is 8.95. The van der Waals surface area contributed by atoms with Gasteiger partial charge in [-0.05, 0) is 38.3 Å². The molecule has 0 spiro atoms. The summed E-state index contributed by atoms with van der Waals surface area (Å²) in [5, 5.41) is 8.70. The van der Waals surface area contributed by atoms with Crippen molar-refractivity contribution < 1.29 is 0 Å². The molecule has 0 N–H and O–H groups in total. The van der Waals surface area contributed by atoms with E-state index in [1.807, 2.05) is 0 Å². The normalized spacial score (nSPS) is 29.5. The van der Waals surface area contributed by atoms with E-state index in [-0.39, 0.29) is 0 Å². The lowest BCUT2D eigenvalue weighted by atomic mass is 9.91. The average Bonchev–Trinajstić information content (AvgIpc) is 2.36. The molecule has 1 fully saturated rings. The highest BCUT2D eigenvalue weighted by molar-refractivity contribution is 4.90. The van der Waals surface area contributed by atoms with Gasteiger partial charge in [0.2, 0.25) is 0 Å². The van der Waals surface area contributed by atoms with Gasteiger partial charge in [-0.15, -0.1) is 0 Å². The number of likely N-dealkylation sites (tertiary alicyclic amines) is 1. The van der Waals surface area contributed by atoms with Gasteiger partial charge >= 0.3 is 0 Å². The molecule has 1 aliphatic rings. The van der Waals surface area contributed by atoms with Gasteiger partial charge in [-0.1, -0.05) is 13.8 Å². The van der Waals surface area contributed by atoms with E-state index in [4.69, 9.17) is 5.26 Å². The molecule has 2 nitrogen and oxygen atoms in total. The van der Waals surface area contributed by atoms with Crippen LogP contribution in [0.15, 0.2) is 0 Å². The zero-order valence-corrected chi connectivity index (χ0v) is 8.95. The second-order valence-electron chi connectivity index (χ2n) is 4.59. The van der Waals surface area contributed by atoms with Crippen molar-refractivity contribution >= 4 is 0 Å². The maximum absolute atomic E-state index is 8.70. The number of hydrogen-bond donors (Lipinski definition) is 0. The Balaban J connectivity index is 2.50. The summed E-state index contributed by atoms with van der Waals surface area (Å²) in [5.41, 5.74) is 0. The summed E-state index contributed by atoms with van der Waals surface area (Å²) in [4.78, 5) is 2.42. The van der Waals surface area contributed by atoms with Crippen LogP contribution in [-0.4, -0.2) is 24.5 Å². The summed E-state index contributed by atoms with van der Waals surface area (Å²) >= 11 is 0. The predicted octanol–water partition coefficient (Wildman–Crippen LogP) is 2.27. The molecule has 0 bridgehead atoms. The smallest absolute Gasteiger partial charge is 0.0625 e. The lowest BCUT2D eigenvalue weighted by Gasteiger charge is -2.25. The van der Waals surface area contributed by atoms with E-state index >= 15 is 0 Å². The van der Waals surface area contributed by atoms with Gasteiger partial charge < -0.3 is 4.90 Å². The lowest BCUT2D eigenvalue weighted by molar-refractivity contribution is 0.236. The summed E-state index contributed by atoms with van der Waals surface area (Å²) < 4.78 is 0. The molecule has 0 saturated carbocycles. The molecule has 0 aromatic rings. The Morgan fingerprint density at radius 3 is 2.77 bits per heavy atom. The van der Waals surface area contributed by atoms with Crippen molar-refractivity contribution in [2.45, 2.75) is 39.2 Å². The van der Waals surface area contributed by atoms with Gasteiger partial charge in [0.05, 0.1) is 6.07 Å². The Morgan fingerprint density at radius 2 is 2.23 bits per heavy atom. The standard InChI is InChI=1S/C11H20N2/c1-9(2)8-11-10(4-6-12)5-7-13(11)3/h9-11H,4-5,7-8H2,1-3H3. The van der Waals surface area contributed by atoms with Crippen molar-refractivity contribution in [1.29, 1.82) is 5.26 Å². The van der Waals surface area contributed by atoms with Crippen molar-refractivity contribution in [3.63, 3.8) is 0 Å².